The van der Waals surface area contributed by atoms with Crippen LogP contribution in [0.3, 0.4) is 0 Å². The molecule has 3 rings (SSSR count). The molecule has 122 valence electrons. The van der Waals surface area contributed by atoms with Gasteiger partial charge in [0.25, 0.3) is 0 Å². The Morgan fingerprint density at radius 1 is 1.30 bits per heavy atom. The number of nitrogens with zero attached hydrogens (tertiary/aromatic N) is 1. The SMILES string of the molecule is CCc1ccc(C2=C(C(=O)O)N3C(=O)C(C(C)O)C3C2C)cc1. The summed E-state index contributed by atoms with van der Waals surface area (Å²) in [5.74, 6) is -2.03. The maximum Gasteiger partial charge on any atom is 0.352 e. The number of carboxylic acid groups (broad SMARTS) is 1. The molecular formula is C18H21NO4. The van der Waals surface area contributed by atoms with E-state index >= 15 is 0 Å². The van der Waals surface area contributed by atoms with Crippen LogP contribution in [0.15, 0.2) is 30.0 Å². The fraction of sp³-hybridized carbons (Fsp3) is 0.444. The predicted molar refractivity (Wildman–Crippen MR) is 85.3 cm³/mol. The number of hydrogen-bond acceptors (Lipinski definition) is 3. The van der Waals surface area contributed by atoms with Crippen molar-refractivity contribution in [3.63, 3.8) is 0 Å². The lowest BCUT2D eigenvalue weighted by Gasteiger charge is -2.46. The molecule has 4 unspecified atom stereocenters. The zero-order valence-electron chi connectivity index (χ0n) is 13.5. The van der Waals surface area contributed by atoms with Crippen LogP contribution < -0.4 is 0 Å². The van der Waals surface area contributed by atoms with Crippen LogP contribution in [0, 0.1) is 11.8 Å². The van der Waals surface area contributed by atoms with E-state index in [0.717, 1.165) is 12.0 Å². The monoisotopic (exact) mass is 315 g/mol. The Hall–Kier alpha value is -2.14. The lowest BCUT2D eigenvalue weighted by atomic mass is 9.77. The molecule has 0 bridgehead atoms. The Kier molecular flexibility index (Phi) is 3.76. The first-order valence-corrected chi connectivity index (χ1v) is 7.96. The van der Waals surface area contributed by atoms with Crippen LogP contribution in [0.1, 0.15) is 31.9 Å². The van der Waals surface area contributed by atoms with Gasteiger partial charge in [-0.25, -0.2) is 4.79 Å². The quantitative estimate of drug-likeness (QED) is 0.832. The smallest absolute Gasteiger partial charge is 0.352 e. The van der Waals surface area contributed by atoms with Crippen molar-refractivity contribution in [2.24, 2.45) is 11.8 Å². The summed E-state index contributed by atoms with van der Waals surface area (Å²) in [6, 6.07) is 7.54. The number of carbonyl (C=O) groups is 2. The maximum atomic E-state index is 12.3. The van der Waals surface area contributed by atoms with Gasteiger partial charge in [0.2, 0.25) is 5.91 Å². The summed E-state index contributed by atoms with van der Waals surface area (Å²) in [6.07, 6.45) is 0.140. The number of amides is 1. The van der Waals surface area contributed by atoms with Gasteiger partial charge in [-0.05, 0) is 30.0 Å². The van der Waals surface area contributed by atoms with Crippen LogP contribution in [0.2, 0.25) is 0 Å². The number of aliphatic carboxylic acids is 1. The molecule has 5 heteroatoms. The van der Waals surface area contributed by atoms with E-state index in [9.17, 15) is 19.8 Å². The van der Waals surface area contributed by atoms with Gasteiger partial charge in [-0.3, -0.25) is 4.79 Å². The van der Waals surface area contributed by atoms with Gasteiger partial charge in [-0.2, -0.15) is 0 Å². The third-order valence-corrected chi connectivity index (χ3v) is 5.05. The van der Waals surface area contributed by atoms with E-state index in [1.807, 2.05) is 31.2 Å². The number of rotatable bonds is 4. The van der Waals surface area contributed by atoms with Crippen molar-refractivity contribution in [3.8, 4) is 0 Å². The largest absolute Gasteiger partial charge is 0.477 e. The van der Waals surface area contributed by atoms with Gasteiger partial charge in [-0.15, -0.1) is 0 Å². The second-order valence-electron chi connectivity index (χ2n) is 6.37. The Bertz CT molecular complexity index is 689. The molecule has 2 heterocycles. The second kappa shape index (κ2) is 5.49. The van der Waals surface area contributed by atoms with Crippen LogP contribution >= 0.6 is 0 Å². The van der Waals surface area contributed by atoms with Crippen molar-refractivity contribution >= 4 is 17.4 Å². The number of aryl methyl sites for hydroxylation is 1. The average molecular weight is 315 g/mol. The van der Waals surface area contributed by atoms with Crippen LogP contribution in [-0.4, -0.2) is 39.1 Å². The first kappa shape index (κ1) is 15.7. The lowest BCUT2D eigenvalue weighted by molar-refractivity contribution is -0.163. The summed E-state index contributed by atoms with van der Waals surface area (Å²) >= 11 is 0. The topological polar surface area (TPSA) is 77.8 Å². The molecule has 1 aromatic carbocycles. The Morgan fingerprint density at radius 3 is 2.39 bits per heavy atom. The predicted octanol–water partition coefficient (Wildman–Crippen LogP) is 1.90. The van der Waals surface area contributed by atoms with Gasteiger partial charge in [-0.1, -0.05) is 38.1 Å². The van der Waals surface area contributed by atoms with Gasteiger partial charge < -0.3 is 15.1 Å². The molecule has 5 nitrogen and oxygen atoms in total. The van der Waals surface area contributed by atoms with Crippen molar-refractivity contribution in [2.75, 3.05) is 0 Å². The van der Waals surface area contributed by atoms with E-state index in [1.165, 1.54) is 10.5 Å². The number of aliphatic hydroxyl groups excluding tert-OH is 1. The summed E-state index contributed by atoms with van der Waals surface area (Å²) < 4.78 is 0. The molecule has 0 spiro atoms. The highest BCUT2D eigenvalue weighted by Crippen LogP contribution is 2.50. The van der Waals surface area contributed by atoms with Gasteiger partial charge in [0.05, 0.1) is 18.1 Å². The Labute approximate surface area is 135 Å². The van der Waals surface area contributed by atoms with E-state index in [0.29, 0.717) is 5.57 Å². The lowest BCUT2D eigenvalue weighted by Crippen LogP contribution is -2.63. The normalized spacial score (nSPS) is 27.7. The van der Waals surface area contributed by atoms with Gasteiger partial charge in [0, 0.05) is 5.92 Å². The highest BCUT2D eigenvalue weighted by atomic mass is 16.4. The molecule has 2 aliphatic heterocycles. The number of carbonyl (C=O) groups excluding carboxylic acids is 1. The minimum Gasteiger partial charge on any atom is -0.477 e. The standard InChI is InChI=1S/C18H21NO4/c1-4-11-5-7-12(8-6-11)13-9(2)15-14(10(3)20)17(21)19(15)16(13)18(22)23/h5-10,14-15,20H,4H2,1-3H3,(H,22,23). The number of β-lactam (4-membered cyclic amide) rings is 1. The zero-order chi connectivity index (χ0) is 16.9. The van der Waals surface area contributed by atoms with Crippen molar-refractivity contribution < 1.29 is 19.8 Å². The zero-order valence-corrected chi connectivity index (χ0v) is 13.5. The second-order valence-corrected chi connectivity index (χ2v) is 6.37. The minimum absolute atomic E-state index is 0.0636. The molecular weight excluding hydrogens is 294 g/mol. The molecule has 2 aliphatic rings. The number of carboxylic acids is 1. The Morgan fingerprint density at radius 2 is 1.91 bits per heavy atom. The molecule has 1 amide bonds. The van der Waals surface area contributed by atoms with Crippen LogP contribution in [-0.2, 0) is 16.0 Å². The van der Waals surface area contributed by atoms with Gasteiger partial charge >= 0.3 is 5.97 Å². The molecule has 23 heavy (non-hydrogen) atoms. The molecule has 4 atom stereocenters. The van der Waals surface area contributed by atoms with Crippen molar-refractivity contribution in [1.29, 1.82) is 0 Å². The summed E-state index contributed by atoms with van der Waals surface area (Å²) in [4.78, 5) is 25.4. The fourth-order valence-electron chi connectivity index (χ4n) is 3.87. The van der Waals surface area contributed by atoms with Crippen LogP contribution in [0.4, 0.5) is 0 Å². The van der Waals surface area contributed by atoms with Crippen molar-refractivity contribution in [3.05, 3.63) is 41.1 Å². The summed E-state index contributed by atoms with van der Waals surface area (Å²) in [6.45, 7) is 5.58. The van der Waals surface area contributed by atoms with Crippen LogP contribution in [0.5, 0.6) is 0 Å². The minimum atomic E-state index is -1.09. The van der Waals surface area contributed by atoms with E-state index in [-0.39, 0.29) is 23.6 Å². The van der Waals surface area contributed by atoms with Gasteiger partial charge in [0.15, 0.2) is 0 Å². The van der Waals surface area contributed by atoms with E-state index in [4.69, 9.17) is 0 Å². The summed E-state index contributed by atoms with van der Waals surface area (Å²) in [7, 11) is 0. The fourth-order valence-corrected chi connectivity index (χ4v) is 3.87. The number of benzene rings is 1. The Balaban J connectivity index is 2.07. The first-order valence-electron chi connectivity index (χ1n) is 7.96. The molecule has 1 fully saturated rings. The highest BCUT2D eigenvalue weighted by Gasteiger charge is 2.59. The molecule has 0 saturated carbocycles. The first-order chi connectivity index (χ1) is 10.9. The molecule has 1 saturated heterocycles. The van der Waals surface area contributed by atoms with E-state index in [1.54, 1.807) is 6.92 Å². The van der Waals surface area contributed by atoms with E-state index in [2.05, 4.69) is 6.92 Å². The van der Waals surface area contributed by atoms with Gasteiger partial charge in [0.1, 0.15) is 5.70 Å². The summed E-state index contributed by atoms with van der Waals surface area (Å²) in [5.41, 5.74) is 2.76. The molecule has 0 radical (unpaired) electrons. The maximum absolute atomic E-state index is 12.3. The molecule has 1 aromatic rings. The summed E-state index contributed by atoms with van der Waals surface area (Å²) in [5, 5.41) is 19.5. The molecule has 2 N–H and O–H groups in total. The highest BCUT2D eigenvalue weighted by molar-refractivity contribution is 6.06. The number of aliphatic hydroxyl groups is 1. The number of fused-ring (bicyclic) bond motifs is 1. The van der Waals surface area contributed by atoms with E-state index < -0.39 is 18.0 Å². The molecule has 0 aliphatic carbocycles. The molecule has 0 aromatic heterocycles. The van der Waals surface area contributed by atoms with Crippen molar-refractivity contribution in [2.45, 2.75) is 39.3 Å². The third kappa shape index (κ3) is 2.18. The van der Waals surface area contributed by atoms with Crippen LogP contribution in [0.25, 0.3) is 5.57 Å². The van der Waals surface area contributed by atoms with Crippen molar-refractivity contribution in [1.82, 2.24) is 4.90 Å². The number of hydrogen-bond donors (Lipinski definition) is 2. The third-order valence-electron chi connectivity index (χ3n) is 5.05. The average Bonchev–Trinajstić information content (AvgIpc) is 2.76.